The number of ketones is 1. The Hall–Kier alpha value is -1.62. The molecular weight excluding hydrogens is 302 g/mol. The van der Waals surface area contributed by atoms with Crippen molar-refractivity contribution in [2.75, 3.05) is 0 Å². The van der Waals surface area contributed by atoms with Crippen LogP contribution in [0.15, 0.2) is 6.08 Å². The van der Waals surface area contributed by atoms with E-state index < -0.39 is 0 Å². The highest BCUT2D eigenvalue weighted by Crippen LogP contribution is 2.22. The lowest BCUT2D eigenvalue weighted by Crippen LogP contribution is -2.32. The fraction of sp³-hybridized carbons (Fsp3) is 0.562. The van der Waals surface area contributed by atoms with E-state index in [9.17, 15) is 9.59 Å². The highest BCUT2D eigenvalue weighted by molar-refractivity contribution is 6.31. The van der Waals surface area contributed by atoms with Crippen molar-refractivity contribution in [1.82, 2.24) is 15.1 Å². The van der Waals surface area contributed by atoms with Crippen LogP contribution < -0.4 is 5.32 Å². The lowest BCUT2D eigenvalue weighted by molar-refractivity contribution is -0.118. The van der Waals surface area contributed by atoms with E-state index in [1.165, 1.54) is 13.0 Å². The van der Waals surface area contributed by atoms with E-state index in [-0.39, 0.29) is 17.7 Å². The average Bonchev–Trinajstić information content (AvgIpc) is 2.60. The van der Waals surface area contributed by atoms with Gasteiger partial charge in [-0.15, -0.1) is 0 Å². The number of halogens is 1. The number of nitrogens with one attached hydrogen (secondary N) is 1. The Morgan fingerprint density at radius 2 is 2.00 bits per heavy atom. The standard InChI is InChI=1S/C16H24ClN3O2/c1-10(2)9-20-16(17)14(13(5)19-20)6-7-15(22)18-11(3)8-12(4)21/h6-7,10-11H,8-9H2,1-5H3,(H,18,22)/b7-6+/t11-/m0/s1. The Morgan fingerprint density at radius 1 is 1.36 bits per heavy atom. The minimum absolute atomic E-state index is 0.0469. The van der Waals surface area contributed by atoms with Gasteiger partial charge in [-0.1, -0.05) is 25.4 Å². The van der Waals surface area contributed by atoms with Crippen molar-refractivity contribution in [3.63, 3.8) is 0 Å². The number of hydrogen-bond acceptors (Lipinski definition) is 3. The van der Waals surface area contributed by atoms with Crippen LogP contribution in [0.2, 0.25) is 5.15 Å². The highest BCUT2D eigenvalue weighted by Gasteiger charge is 2.13. The normalized spacial score (nSPS) is 12.9. The second kappa shape index (κ2) is 8.13. The molecule has 1 aromatic rings. The van der Waals surface area contributed by atoms with E-state index >= 15 is 0 Å². The number of carbonyl (C=O) groups is 2. The summed E-state index contributed by atoms with van der Waals surface area (Å²) in [6, 6.07) is -0.185. The van der Waals surface area contributed by atoms with Gasteiger partial charge in [-0.3, -0.25) is 14.3 Å². The summed E-state index contributed by atoms with van der Waals surface area (Å²) in [4.78, 5) is 22.8. The van der Waals surface area contributed by atoms with Crippen LogP contribution in [0.4, 0.5) is 0 Å². The molecule has 5 nitrogen and oxygen atoms in total. The van der Waals surface area contributed by atoms with Gasteiger partial charge in [-0.05, 0) is 32.8 Å². The maximum absolute atomic E-state index is 11.8. The fourth-order valence-corrected chi connectivity index (χ4v) is 2.46. The molecule has 0 radical (unpaired) electrons. The quantitative estimate of drug-likeness (QED) is 0.784. The average molecular weight is 326 g/mol. The summed E-state index contributed by atoms with van der Waals surface area (Å²) in [6.07, 6.45) is 3.41. The second-order valence-electron chi connectivity index (χ2n) is 6.01. The molecule has 0 saturated heterocycles. The molecule has 1 heterocycles. The number of carbonyl (C=O) groups excluding carboxylic acids is 2. The van der Waals surface area contributed by atoms with Gasteiger partial charge in [0.25, 0.3) is 0 Å². The summed E-state index contributed by atoms with van der Waals surface area (Å²) >= 11 is 6.30. The summed E-state index contributed by atoms with van der Waals surface area (Å²) in [5.74, 6) is 0.232. The Morgan fingerprint density at radius 3 is 2.55 bits per heavy atom. The number of hydrogen-bond donors (Lipinski definition) is 1. The van der Waals surface area contributed by atoms with Crippen molar-refractivity contribution >= 4 is 29.4 Å². The van der Waals surface area contributed by atoms with E-state index in [2.05, 4.69) is 24.3 Å². The zero-order valence-corrected chi connectivity index (χ0v) is 14.6. The van der Waals surface area contributed by atoms with Crippen LogP contribution >= 0.6 is 11.6 Å². The van der Waals surface area contributed by atoms with Gasteiger partial charge in [-0.2, -0.15) is 5.10 Å². The Labute approximate surface area is 136 Å². The smallest absolute Gasteiger partial charge is 0.244 e. The molecule has 1 rings (SSSR count). The first kappa shape index (κ1) is 18.4. The molecule has 22 heavy (non-hydrogen) atoms. The number of rotatable bonds is 7. The van der Waals surface area contributed by atoms with Crippen LogP contribution in [-0.2, 0) is 16.1 Å². The number of nitrogens with zero attached hydrogens (tertiary/aromatic N) is 2. The first-order valence-corrected chi connectivity index (χ1v) is 7.79. The number of aryl methyl sites for hydroxylation is 1. The molecule has 1 atom stereocenters. The SMILES string of the molecule is CC(=O)C[C@H](C)NC(=O)/C=C/c1c(C)nn(CC(C)C)c1Cl. The molecule has 0 aliphatic rings. The van der Waals surface area contributed by atoms with Gasteiger partial charge in [0, 0.05) is 30.6 Å². The van der Waals surface area contributed by atoms with Crippen molar-refractivity contribution in [2.24, 2.45) is 5.92 Å². The third-order valence-corrected chi connectivity index (χ3v) is 3.43. The number of amides is 1. The molecule has 0 fully saturated rings. The van der Waals surface area contributed by atoms with Crippen LogP contribution in [0.5, 0.6) is 0 Å². The van der Waals surface area contributed by atoms with Gasteiger partial charge in [0.15, 0.2) is 0 Å². The molecule has 122 valence electrons. The summed E-state index contributed by atoms with van der Waals surface area (Å²) < 4.78 is 1.75. The van der Waals surface area contributed by atoms with Gasteiger partial charge in [0.1, 0.15) is 10.9 Å². The summed E-state index contributed by atoms with van der Waals surface area (Å²) in [5, 5.41) is 7.66. The molecule has 1 amide bonds. The molecule has 6 heteroatoms. The first-order chi connectivity index (χ1) is 10.2. The molecule has 1 N–H and O–H groups in total. The van der Waals surface area contributed by atoms with Crippen LogP contribution in [0, 0.1) is 12.8 Å². The third kappa shape index (κ3) is 5.64. The van der Waals surface area contributed by atoms with Crippen LogP contribution in [0.3, 0.4) is 0 Å². The summed E-state index contributed by atoms with van der Waals surface area (Å²) in [7, 11) is 0. The van der Waals surface area contributed by atoms with Crippen LogP contribution in [-0.4, -0.2) is 27.5 Å². The van der Waals surface area contributed by atoms with Gasteiger partial charge in [-0.25, -0.2) is 0 Å². The van der Waals surface area contributed by atoms with Gasteiger partial charge in [0.2, 0.25) is 5.91 Å². The summed E-state index contributed by atoms with van der Waals surface area (Å²) in [6.45, 7) is 10.1. The van der Waals surface area contributed by atoms with Crippen LogP contribution in [0.25, 0.3) is 6.08 Å². The summed E-state index contributed by atoms with van der Waals surface area (Å²) in [5.41, 5.74) is 1.53. The maximum Gasteiger partial charge on any atom is 0.244 e. The van der Waals surface area contributed by atoms with Gasteiger partial charge < -0.3 is 5.32 Å². The molecule has 0 unspecified atom stereocenters. The Kier molecular flexibility index (Phi) is 6.81. The lowest BCUT2D eigenvalue weighted by atomic mass is 10.2. The molecule has 0 spiro atoms. The molecule has 0 saturated carbocycles. The van der Waals surface area contributed by atoms with Gasteiger partial charge >= 0.3 is 0 Å². The number of Topliss-reactive ketones (excluding diaryl/α,β-unsaturated/α-hetero) is 1. The monoisotopic (exact) mass is 325 g/mol. The Balaban J connectivity index is 2.75. The van der Waals surface area contributed by atoms with E-state index in [1.54, 1.807) is 17.7 Å². The molecule has 0 aromatic carbocycles. The topological polar surface area (TPSA) is 64.0 Å². The van der Waals surface area contributed by atoms with Crippen molar-refractivity contribution < 1.29 is 9.59 Å². The van der Waals surface area contributed by atoms with Crippen molar-refractivity contribution in [3.05, 3.63) is 22.5 Å². The minimum atomic E-state index is -0.249. The highest BCUT2D eigenvalue weighted by atomic mass is 35.5. The van der Waals surface area contributed by atoms with E-state index in [1.807, 2.05) is 6.92 Å². The largest absolute Gasteiger partial charge is 0.350 e. The van der Waals surface area contributed by atoms with Gasteiger partial charge in [0.05, 0.1) is 5.69 Å². The maximum atomic E-state index is 11.8. The van der Waals surface area contributed by atoms with Crippen LogP contribution in [0.1, 0.15) is 45.4 Å². The zero-order valence-electron chi connectivity index (χ0n) is 13.8. The zero-order chi connectivity index (χ0) is 16.9. The molecular formula is C16H24ClN3O2. The molecule has 1 aromatic heterocycles. The third-order valence-electron chi connectivity index (χ3n) is 3.03. The second-order valence-corrected chi connectivity index (χ2v) is 6.37. The van der Waals surface area contributed by atoms with Crippen molar-refractivity contribution in [1.29, 1.82) is 0 Å². The predicted molar refractivity (Wildman–Crippen MR) is 88.7 cm³/mol. The van der Waals surface area contributed by atoms with E-state index in [0.717, 1.165) is 17.8 Å². The Bertz CT molecular complexity index is 576. The molecule has 0 aliphatic carbocycles. The molecule has 0 bridgehead atoms. The fourth-order valence-electron chi connectivity index (χ4n) is 2.16. The number of aromatic nitrogens is 2. The lowest BCUT2D eigenvalue weighted by Gasteiger charge is -2.09. The first-order valence-electron chi connectivity index (χ1n) is 7.41. The molecule has 0 aliphatic heterocycles. The van der Waals surface area contributed by atoms with E-state index in [4.69, 9.17) is 11.6 Å². The minimum Gasteiger partial charge on any atom is -0.350 e. The predicted octanol–water partition coefficient (Wildman–Crippen LogP) is 3.00. The van der Waals surface area contributed by atoms with Crippen molar-refractivity contribution in [2.45, 2.75) is 53.6 Å². The van der Waals surface area contributed by atoms with Crippen molar-refractivity contribution in [3.8, 4) is 0 Å². The van der Waals surface area contributed by atoms with E-state index in [0.29, 0.717) is 17.5 Å².